The van der Waals surface area contributed by atoms with Crippen LogP contribution >= 0.6 is 38.1 Å². The Morgan fingerprint density at radius 3 is 2.46 bits per heavy atom. The summed E-state index contributed by atoms with van der Waals surface area (Å²) in [6, 6.07) is 0. The van der Waals surface area contributed by atoms with Crippen molar-refractivity contribution in [1.82, 2.24) is 34.1 Å². The number of nitrogens with one attached hydrogen (secondary N) is 2. The van der Waals surface area contributed by atoms with E-state index in [0.717, 1.165) is 30.3 Å². The Morgan fingerprint density at radius 1 is 0.960 bits per heavy atom. The molecule has 0 amide bonds. The number of aliphatic hydroxyl groups is 3. The molecule has 0 aromatic carbocycles. The molecule has 0 radical (unpaired) electrons. The molecule has 8 heterocycles. The summed E-state index contributed by atoms with van der Waals surface area (Å²) in [7, 11) is 1.62. The van der Waals surface area contributed by atoms with Gasteiger partial charge in [-0.3, -0.25) is 22.7 Å². The third-order valence-electron chi connectivity index (χ3n) is 8.93. The zero-order valence-corrected chi connectivity index (χ0v) is 29.7. The van der Waals surface area contributed by atoms with E-state index in [2.05, 4.69) is 60.1 Å². The molecule has 2 unspecified atom stereocenters. The molecule has 10 atom stereocenters. The number of aryl methyl sites for hydroxylation is 1. The third-order valence-corrected chi connectivity index (χ3v) is 12.2. The molecule has 4 aliphatic heterocycles. The van der Waals surface area contributed by atoms with Crippen LogP contribution in [0.15, 0.2) is 18.9 Å². The van der Waals surface area contributed by atoms with Gasteiger partial charge in [-0.2, -0.15) is 0 Å². The van der Waals surface area contributed by atoms with E-state index >= 15 is 0 Å². The predicted octanol–water partition coefficient (Wildman–Crippen LogP) is 1.57. The second-order valence-electron chi connectivity index (χ2n) is 12.0. The quantitative estimate of drug-likeness (QED) is 0.115. The van der Waals surface area contributed by atoms with Crippen molar-refractivity contribution >= 4 is 71.9 Å². The van der Waals surface area contributed by atoms with Crippen LogP contribution in [0.3, 0.4) is 0 Å². The molecule has 3 saturated heterocycles. The van der Waals surface area contributed by atoms with Crippen molar-refractivity contribution in [3.8, 4) is 0 Å². The predicted molar refractivity (Wildman–Crippen MR) is 180 cm³/mol. The SMILES string of the molecule is CNc1nc(CO)nc2c1ncn2[C@@H]1O[C@@H]2COP(=O)(S)O[C@H]3[C@@H](O)[C@H](n4cc5c6c(ncnc64)NCCC5)O[C@@H]3COP(=O)(S)O[C@@H]1[C@@H]2O. The van der Waals surface area contributed by atoms with E-state index in [1.54, 1.807) is 11.6 Å². The molecule has 8 rings (SSSR count). The fourth-order valence-electron chi connectivity index (χ4n) is 6.67. The van der Waals surface area contributed by atoms with E-state index in [-0.39, 0.29) is 11.5 Å². The standard InChI is InChI=1S/C26H33N9O11P2S2/c1-27-22-16-24(33-14(6-36)32-22)35(10-31-16)26-20-17(37)12(43-26)7-41-47(39,49)45-19-13(8-42-48(40,50)46-20)44-25(18(19)38)34-5-11-3-2-4-28-21-15(11)23(34)30-9-29-21/h5,9-10,12-13,17-20,25-26,36-38H,2-4,6-8H2,1H3,(H,39,49)(H,40,50)(H,27,32,33)(H,28,29,30)/t12-,13-,17-,18-,19-,20-,25-,26-,47?,48?/m1/s1. The Bertz CT molecular complexity index is 2040. The van der Waals surface area contributed by atoms with E-state index in [4.69, 9.17) is 27.6 Å². The summed E-state index contributed by atoms with van der Waals surface area (Å²) in [5.74, 6) is 1.04. The number of imidazole rings is 1. The zero-order chi connectivity index (χ0) is 34.9. The normalized spacial score (nSPS) is 36.3. The number of fused-ring (bicyclic) bond motifs is 4. The number of hydrogen-bond acceptors (Lipinski definition) is 18. The minimum Gasteiger partial charge on any atom is -0.388 e. The maximum atomic E-state index is 13.8. The number of hydrogen-bond donors (Lipinski definition) is 7. The summed E-state index contributed by atoms with van der Waals surface area (Å²) in [5, 5.41) is 39.6. The summed E-state index contributed by atoms with van der Waals surface area (Å²) < 4.78 is 65.7. The highest BCUT2D eigenvalue weighted by Gasteiger charge is 2.53. The van der Waals surface area contributed by atoms with Gasteiger partial charge in [-0.1, -0.05) is 24.5 Å². The average Bonchev–Trinajstić information content (AvgIpc) is 3.79. The molecule has 0 aliphatic carbocycles. The average molecular weight is 774 g/mol. The van der Waals surface area contributed by atoms with Gasteiger partial charge >= 0.3 is 13.6 Å². The fraction of sp³-hybridized carbons (Fsp3) is 0.577. The smallest absolute Gasteiger partial charge is 0.386 e. The molecule has 3 fully saturated rings. The lowest BCUT2D eigenvalue weighted by atomic mass is 10.1. The summed E-state index contributed by atoms with van der Waals surface area (Å²) in [6.45, 7) is -9.45. The van der Waals surface area contributed by atoms with Gasteiger partial charge in [0.05, 0.1) is 24.9 Å². The first-order valence-corrected chi connectivity index (χ1v) is 20.9. The molecule has 50 heavy (non-hydrogen) atoms. The molecule has 0 saturated carbocycles. The first-order valence-electron chi connectivity index (χ1n) is 15.6. The lowest BCUT2D eigenvalue weighted by molar-refractivity contribution is -0.0574. The van der Waals surface area contributed by atoms with E-state index in [1.807, 2.05) is 6.20 Å². The Labute approximate surface area is 293 Å². The molecule has 4 aromatic heterocycles. The van der Waals surface area contributed by atoms with Crippen molar-refractivity contribution in [3.05, 3.63) is 30.2 Å². The zero-order valence-electron chi connectivity index (χ0n) is 26.1. The van der Waals surface area contributed by atoms with E-state index in [0.29, 0.717) is 22.8 Å². The van der Waals surface area contributed by atoms with Crippen LogP contribution in [0, 0.1) is 0 Å². The van der Waals surface area contributed by atoms with Crippen molar-refractivity contribution in [3.63, 3.8) is 0 Å². The second-order valence-corrected chi connectivity index (χ2v) is 17.8. The van der Waals surface area contributed by atoms with Crippen LogP contribution in [0.2, 0.25) is 0 Å². The molecule has 5 N–H and O–H groups in total. The van der Waals surface area contributed by atoms with Crippen molar-refractivity contribution in [2.45, 2.75) is 68.5 Å². The molecule has 2 bridgehead atoms. The lowest BCUT2D eigenvalue weighted by Gasteiger charge is -2.26. The van der Waals surface area contributed by atoms with Gasteiger partial charge in [0.2, 0.25) is 0 Å². The Hall–Kier alpha value is -2.43. The van der Waals surface area contributed by atoms with E-state index in [1.165, 1.54) is 17.2 Å². The van der Waals surface area contributed by atoms with Crippen LogP contribution in [-0.2, 0) is 49.7 Å². The number of anilines is 2. The van der Waals surface area contributed by atoms with E-state index in [9.17, 15) is 24.4 Å². The second kappa shape index (κ2) is 13.2. The summed E-state index contributed by atoms with van der Waals surface area (Å²) in [5.41, 5.74) is 1.95. The van der Waals surface area contributed by atoms with Crippen molar-refractivity contribution in [2.24, 2.45) is 0 Å². The lowest BCUT2D eigenvalue weighted by Crippen LogP contribution is -2.35. The molecule has 20 nitrogen and oxygen atoms in total. The monoisotopic (exact) mass is 773 g/mol. The van der Waals surface area contributed by atoms with Crippen LogP contribution < -0.4 is 10.6 Å². The number of aliphatic hydroxyl groups excluding tert-OH is 3. The van der Waals surface area contributed by atoms with Gasteiger partial charge in [0.15, 0.2) is 35.3 Å². The van der Waals surface area contributed by atoms with Gasteiger partial charge < -0.3 is 40.0 Å². The topological polar surface area (TPSA) is 249 Å². The van der Waals surface area contributed by atoms with Crippen LogP contribution in [0.1, 0.15) is 30.3 Å². The van der Waals surface area contributed by atoms with Gasteiger partial charge in [0.25, 0.3) is 0 Å². The summed E-state index contributed by atoms with van der Waals surface area (Å²) in [4.78, 5) is 21.7. The number of rotatable bonds is 4. The fourth-order valence-corrected chi connectivity index (χ4v) is 9.62. The van der Waals surface area contributed by atoms with Gasteiger partial charge in [0.1, 0.15) is 61.0 Å². The molecule has 4 aliphatic rings. The Morgan fingerprint density at radius 2 is 1.70 bits per heavy atom. The first-order chi connectivity index (χ1) is 24.0. The molecule has 24 heteroatoms. The number of aromatic nitrogens is 7. The number of thiol groups is 2. The molecular formula is C26H33N9O11P2S2. The number of nitrogens with zero attached hydrogens (tertiary/aromatic N) is 7. The summed E-state index contributed by atoms with van der Waals surface area (Å²) >= 11 is 8.34. The third kappa shape index (κ3) is 6.13. The molecule has 4 aromatic rings. The van der Waals surface area contributed by atoms with Gasteiger partial charge in [0, 0.05) is 19.8 Å². The number of ether oxygens (including phenoxy) is 2. The Balaban J connectivity index is 1.11. The Kier molecular flexibility index (Phi) is 9.15. The highest BCUT2D eigenvalue weighted by Crippen LogP contribution is 2.60. The first kappa shape index (κ1) is 34.6. The van der Waals surface area contributed by atoms with Gasteiger partial charge in [-0.25, -0.2) is 34.0 Å². The van der Waals surface area contributed by atoms with Crippen molar-refractivity contribution in [1.29, 1.82) is 0 Å². The van der Waals surface area contributed by atoms with Gasteiger partial charge in [-0.05, 0) is 18.4 Å². The molecule has 270 valence electrons. The minimum absolute atomic E-state index is 0.0708. The van der Waals surface area contributed by atoms with Crippen LogP contribution in [-0.4, -0.2) is 113 Å². The highest BCUT2D eigenvalue weighted by molar-refractivity contribution is 8.44. The van der Waals surface area contributed by atoms with Crippen LogP contribution in [0.5, 0.6) is 0 Å². The van der Waals surface area contributed by atoms with E-state index < -0.39 is 82.5 Å². The minimum atomic E-state index is -4.35. The summed E-state index contributed by atoms with van der Waals surface area (Å²) in [6.07, 6.45) is -4.40. The van der Waals surface area contributed by atoms with Crippen LogP contribution in [0.25, 0.3) is 22.2 Å². The molecular weight excluding hydrogens is 740 g/mol. The maximum Gasteiger partial charge on any atom is 0.386 e. The van der Waals surface area contributed by atoms with Gasteiger partial charge in [-0.15, -0.1) is 0 Å². The van der Waals surface area contributed by atoms with Crippen molar-refractivity contribution < 1.29 is 52.0 Å². The maximum absolute atomic E-state index is 13.8. The largest absolute Gasteiger partial charge is 0.388 e. The molecule has 0 spiro atoms. The van der Waals surface area contributed by atoms with Crippen molar-refractivity contribution in [2.75, 3.05) is 37.4 Å². The van der Waals surface area contributed by atoms with Crippen LogP contribution in [0.4, 0.5) is 11.6 Å². The highest BCUT2D eigenvalue weighted by atomic mass is 32.7.